The molecule has 0 aliphatic heterocycles. The fourth-order valence-electron chi connectivity index (χ4n) is 2.21. The van der Waals surface area contributed by atoms with Crippen molar-refractivity contribution in [1.82, 2.24) is 5.32 Å². The Balaban J connectivity index is 1.88. The molecule has 0 bridgehead atoms. The van der Waals surface area contributed by atoms with Crippen molar-refractivity contribution in [3.05, 3.63) is 59.1 Å². The molecule has 2 aromatic carbocycles. The Labute approximate surface area is 163 Å². The predicted molar refractivity (Wildman–Crippen MR) is 109 cm³/mol. The van der Waals surface area contributed by atoms with Gasteiger partial charge in [-0.1, -0.05) is 35.4 Å². The molecule has 0 aliphatic carbocycles. The molecule has 0 spiro atoms. The summed E-state index contributed by atoms with van der Waals surface area (Å²) in [5.74, 6) is 0.338. The predicted octanol–water partition coefficient (Wildman–Crippen LogP) is 3.32. The highest BCUT2D eigenvalue weighted by molar-refractivity contribution is 7.99. The Morgan fingerprint density at radius 2 is 1.88 bits per heavy atom. The van der Waals surface area contributed by atoms with E-state index in [0.717, 1.165) is 15.5 Å². The number of nitrogens with zero attached hydrogens (tertiary/aromatic N) is 1. The summed E-state index contributed by atoms with van der Waals surface area (Å²) in [5, 5.41) is 3.16. The first kappa shape index (κ1) is 20.6. The summed E-state index contributed by atoms with van der Waals surface area (Å²) >= 11 is 7.55. The van der Waals surface area contributed by atoms with Gasteiger partial charge in [0.2, 0.25) is 15.9 Å². The second-order valence-electron chi connectivity index (χ2n) is 5.76. The van der Waals surface area contributed by atoms with Crippen molar-refractivity contribution in [3.8, 4) is 0 Å². The normalized spacial score (nSPS) is 11.2. The molecule has 2 rings (SSSR count). The van der Waals surface area contributed by atoms with Crippen LogP contribution in [0.2, 0.25) is 5.02 Å². The van der Waals surface area contributed by atoms with Gasteiger partial charge in [-0.05, 0) is 37.3 Å². The zero-order valence-corrected chi connectivity index (χ0v) is 17.0. The molecule has 0 heterocycles. The van der Waals surface area contributed by atoms with Gasteiger partial charge in [-0.25, -0.2) is 8.42 Å². The number of hydrogen-bond acceptors (Lipinski definition) is 4. The quantitative estimate of drug-likeness (QED) is 0.533. The summed E-state index contributed by atoms with van der Waals surface area (Å²) in [6, 6.07) is 14.6. The summed E-state index contributed by atoms with van der Waals surface area (Å²) in [5.41, 5.74) is 1.56. The third kappa shape index (κ3) is 6.55. The van der Waals surface area contributed by atoms with Gasteiger partial charge < -0.3 is 5.32 Å². The number of sulfonamides is 1. The van der Waals surface area contributed by atoms with Gasteiger partial charge in [0.25, 0.3) is 0 Å². The molecule has 5 nitrogen and oxygen atoms in total. The number of anilines is 1. The third-order valence-electron chi connectivity index (χ3n) is 3.50. The highest BCUT2D eigenvalue weighted by Gasteiger charge is 2.20. The number of benzene rings is 2. The van der Waals surface area contributed by atoms with Crippen LogP contribution in [0.5, 0.6) is 0 Å². The van der Waals surface area contributed by atoms with Crippen molar-refractivity contribution < 1.29 is 13.2 Å². The SMILES string of the molecule is Cc1ccc(SCCNC(=O)CN(c2cccc(Cl)c2)S(C)(=O)=O)cc1. The van der Waals surface area contributed by atoms with Crippen LogP contribution >= 0.6 is 23.4 Å². The van der Waals surface area contributed by atoms with E-state index in [0.29, 0.717) is 23.0 Å². The van der Waals surface area contributed by atoms with Gasteiger partial charge in [-0.3, -0.25) is 9.10 Å². The lowest BCUT2D eigenvalue weighted by atomic mass is 10.2. The van der Waals surface area contributed by atoms with Gasteiger partial charge in [0.1, 0.15) is 6.54 Å². The Kier molecular flexibility index (Phi) is 7.37. The molecule has 0 aliphatic rings. The number of carbonyl (C=O) groups excluding carboxylic acids is 1. The Morgan fingerprint density at radius 3 is 2.50 bits per heavy atom. The van der Waals surface area contributed by atoms with Gasteiger partial charge in [-0.2, -0.15) is 0 Å². The average Bonchev–Trinajstić information content (AvgIpc) is 2.57. The van der Waals surface area contributed by atoms with Crippen LogP contribution in [0.3, 0.4) is 0 Å². The molecular weight excluding hydrogens is 392 g/mol. The van der Waals surface area contributed by atoms with E-state index in [1.165, 1.54) is 11.6 Å². The molecule has 0 atom stereocenters. The van der Waals surface area contributed by atoms with Gasteiger partial charge in [0.05, 0.1) is 11.9 Å². The van der Waals surface area contributed by atoms with Gasteiger partial charge >= 0.3 is 0 Å². The Morgan fingerprint density at radius 1 is 1.19 bits per heavy atom. The maximum atomic E-state index is 12.2. The first-order valence-electron chi connectivity index (χ1n) is 7.95. The number of carbonyl (C=O) groups is 1. The number of nitrogens with one attached hydrogen (secondary N) is 1. The molecule has 0 aromatic heterocycles. The molecule has 0 fully saturated rings. The lowest BCUT2D eigenvalue weighted by Gasteiger charge is -2.22. The highest BCUT2D eigenvalue weighted by Crippen LogP contribution is 2.21. The van der Waals surface area contributed by atoms with Gasteiger partial charge in [0, 0.05) is 22.2 Å². The van der Waals surface area contributed by atoms with Crippen molar-refractivity contribution in [2.75, 3.05) is 29.4 Å². The minimum atomic E-state index is -3.60. The second kappa shape index (κ2) is 9.30. The highest BCUT2D eigenvalue weighted by atomic mass is 35.5. The van der Waals surface area contributed by atoms with Crippen molar-refractivity contribution in [1.29, 1.82) is 0 Å². The molecule has 140 valence electrons. The third-order valence-corrected chi connectivity index (χ3v) is 5.89. The molecule has 8 heteroatoms. The van der Waals surface area contributed by atoms with Crippen LogP contribution < -0.4 is 9.62 Å². The fourth-order valence-corrected chi connectivity index (χ4v) is 4.01. The van der Waals surface area contributed by atoms with E-state index in [1.807, 2.05) is 31.2 Å². The summed E-state index contributed by atoms with van der Waals surface area (Å²) in [7, 11) is -3.60. The topological polar surface area (TPSA) is 66.5 Å². The second-order valence-corrected chi connectivity index (χ2v) is 9.27. The van der Waals surface area contributed by atoms with E-state index in [1.54, 1.807) is 30.0 Å². The van der Waals surface area contributed by atoms with E-state index >= 15 is 0 Å². The first-order valence-corrected chi connectivity index (χ1v) is 11.2. The maximum absolute atomic E-state index is 12.2. The van der Waals surface area contributed by atoms with Gasteiger partial charge in [0.15, 0.2) is 0 Å². The minimum Gasteiger partial charge on any atom is -0.354 e. The fraction of sp³-hybridized carbons (Fsp3) is 0.278. The van der Waals surface area contributed by atoms with Crippen LogP contribution in [0.15, 0.2) is 53.4 Å². The van der Waals surface area contributed by atoms with E-state index in [9.17, 15) is 13.2 Å². The molecule has 0 radical (unpaired) electrons. The lowest BCUT2D eigenvalue weighted by Crippen LogP contribution is -2.41. The molecule has 26 heavy (non-hydrogen) atoms. The minimum absolute atomic E-state index is 0.283. The van der Waals surface area contributed by atoms with E-state index < -0.39 is 10.0 Å². The zero-order chi connectivity index (χ0) is 19.2. The number of aryl methyl sites for hydroxylation is 1. The van der Waals surface area contributed by atoms with Crippen molar-refractivity contribution in [2.24, 2.45) is 0 Å². The number of thioether (sulfide) groups is 1. The summed E-state index contributed by atoms with van der Waals surface area (Å²) in [6.45, 7) is 2.20. The summed E-state index contributed by atoms with van der Waals surface area (Å²) in [6.07, 6.45) is 1.06. The number of rotatable bonds is 8. The monoisotopic (exact) mass is 412 g/mol. The van der Waals surface area contributed by atoms with E-state index in [2.05, 4.69) is 5.32 Å². The Hall–Kier alpha value is -1.70. The smallest absolute Gasteiger partial charge is 0.240 e. The molecule has 0 saturated heterocycles. The molecule has 0 saturated carbocycles. The standard InChI is InChI=1S/C18H21ClN2O3S2/c1-14-6-8-17(9-7-14)25-11-10-20-18(22)13-21(26(2,23)24)16-5-3-4-15(19)12-16/h3-9,12H,10-11,13H2,1-2H3,(H,20,22). The zero-order valence-electron chi connectivity index (χ0n) is 14.6. The number of hydrogen-bond donors (Lipinski definition) is 1. The van der Waals surface area contributed by atoms with Crippen LogP contribution in [0.4, 0.5) is 5.69 Å². The molecule has 1 N–H and O–H groups in total. The largest absolute Gasteiger partial charge is 0.354 e. The van der Waals surface area contributed by atoms with Crippen LogP contribution in [0.25, 0.3) is 0 Å². The first-order chi connectivity index (χ1) is 12.3. The average molecular weight is 413 g/mol. The van der Waals surface area contributed by atoms with Crippen LogP contribution in [0, 0.1) is 6.92 Å². The van der Waals surface area contributed by atoms with Crippen LogP contribution in [-0.2, 0) is 14.8 Å². The summed E-state index contributed by atoms with van der Waals surface area (Å²) < 4.78 is 25.1. The van der Waals surface area contributed by atoms with Gasteiger partial charge in [-0.15, -0.1) is 11.8 Å². The Bertz CT molecular complexity index is 855. The van der Waals surface area contributed by atoms with Crippen LogP contribution in [0.1, 0.15) is 5.56 Å². The lowest BCUT2D eigenvalue weighted by molar-refractivity contribution is -0.119. The maximum Gasteiger partial charge on any atom is 0.240 e. The number of amides is 1. The molecule has 0 unspecified atom stereocenters. The molecule has 2 aromatic rings. The molecular formula is C18H21ClN2O3S2. The van der Waals surface area contributed by atoms with Crippen molar-refractivity contribution in [2.45, 2.75) is 11.8 Å². The van der Waals surface area contributed by atoms with Crippen molar-refractivity contribution in [3.63, 3.8) is 0 Å². The molecule has 1 amide bonds. The van der Waals surface area contributed by atoms with Crippen LogP contribution in [-0.4, -0.2) is 39.4 Å². The van der Waals surface area contributed by atoms with Crippen molar-refractivity contribution >= 4 is 45.0 Å². The number of halogens is 1. The summed E-state index contributed by atoms with van der Waals surface area (Å²) in [4.78, 5) is 13.3. The van der Waals surface area contributed by atoms with E-state index in [-0.39, 0.29) is 12.5 Å². The van der Waals surface area contributed by atoms with E-state index in [4.69, 9.17) is 11.6 Å².